The van der Waals surface area contributed by atoms with Crippen molar-refractivity contribution in [3.8, 4) is 0 Å². The Morgan fingerprint density at radius 1 is 1.36 bits per heavy atom. The van der Waals surface area contributed by atoms with Crippen molar-refractivity contribution in [2.24, 2.45) is 5.73 Å². The predicted molar refractivity (Wildman–Crippen MR) is 55.1 cm³/mol. The quantitative estimate of drug-likeness (QED) is 0.660. The number of carbonyl (C=O) groups excluding carboxylic acids is 1. The molecule has 0 aromatic carbocycles. The highest BCUT2D eigenvalue weighted by Gasteiger charge is 2.18. The van der Waals surface area contributed by atoms with Gasteiger partial charge in [-0.3, -0.25) is 9.52 Å². The zero-order valence-corrected chi connectivity index (χ0v) is 9.43. The Labute approximate surface area is 85.1 Å². The molecule has 14 heavy (non-hydrogen) atoms. The van der Waals surface area contributed by atoms with Crippen LogP contribution < -0.4 is 10.5 Å². The van der Waals surface area contributed by atoms with Crippen LogP contribution >= 0.6 is 0 Å². The lowest BCUT2D eigenvalue weighted by molar-refractivity contribution is -0.120. The van der Waals surface area contributed by atoms with E-state index in [4.69, 9.17) is 5.73 Å². The second kappa shape index (κ2) is 5.98. The molecule has 0 saturated carbocycles. The first kappa shape index (κ1) is 13.4. The van der Waals surface area contributed by atoms with Crippen LogP contribution in [0, 0.1) is 0 Å². The van der Waals surface area contributed by atoms with Crippen LogP contribution in [0.5, 0.6) is 0 Å². The zero-order chi connectivity index (χ0) is 11.2. The van der Waals surface area contributed by atoms with Gasteiger partial charge in [0.25, 0.3) is 0 Å². The third kappa shape index (κ3) is 5.18. The molecule has 0 spiro atoms. The molecule has 0 radical (unpaired) electrons. The van der Waals surface area contributed by atoms with Crippen LogP contribution in [-0.2, 0) is 14.8 Å². The van der Waals surface area contributed by atoms with Crippen molar-refractivity contribution < 1.29 is 13.2 Å². The topological polar surface area (TPSA) is 89.3 Å². The molecule has 1 atom stereocenters. The standard InChI is InChI=1S/C8H18N2O3S/c1-3-5-7(9)8(11)10-14(12,13)6-4-2/h7H,3-6,9H2,1-2H3,(H,10,11). The second-order valence-corrected chi connectivity index (χ2v) is 5.02. The maximum atomic E-state index is 11.2. The maximum Gasteiger partial charge on any atom is 0.250 e. The smallest absolute Gasteiger partial charge is 0.250 e. The molecule has 0 aliphatic rings. The molecule has 3 N–H and O–H groups in total. The van der Waals surface area contributed by atoms with Gasteiger partial charge in [-0.15, -0.1) is 0 Å². The lowest BCUT2D eigenvalue weighted by Crippen LogP contribution is -2.43. The highest BCUT2D eigenvalue weighted by molar-refractivity contribution is 7.90. The van der Waals surface area contributed by atoms with Gasteiger partial charge in [-0.1, -0.05) is 20.3 Å². The van der Waals surface area contributed by atoms with Gasteiger partial charge in [-0.25, -0.2) is 8.42 Å². The Kier molecular flexibility index (Phi) is 5.71. The Balaban J connectivity index is 4.18. The largest absolute Gasteiger partial charge is 0.320 e. The number of rotatable bonds is 6. The molecule has 5 nitrogen and oxygen atoms in total. The fourth-order valence-corrected chi connectivity index (χ4v) is 2.09. The summed E-state index contributed by atoms with van der Waals surface area (Å²) in [6, 6.07) is -0.730. The molecule has 0 aromatic rings. The molecule has 0 heterocycles. The highest BCUT2D eigenvalue weighted by Crippen LogP contribution is 1.95. The van der Waals surface area contributed by atoms with Crippen molar-refractivity contribution in [2.45, 2.75) is 39.2 Å². The van der Waals surface area contributed by atoms with E-state index in [2.05, 4.69) is 0 Å². The van der Waals surface area contributed by atoms with Gasteiger partial charge in [0.2, 0.25) is 15.9 Å². The Bertz CT molecular complexity index is 274. The van der Waals surface area contributed by atoms with Gasteiger partial charge in [0.05, 0.1) is 11.8 Å². The van der Waals surface area contributed by atoms with E-state index < -0.39 is 22.0 Å². The Hall–Kier alpha value is -0.620. The van der Waals surface area contributed by atoms with Crippen LogP contribution in [0.2, 0.25) is 0 Å². The summed E-state index contributed by atoms with van der Waals surface area (Å²) in [5.74, 6) is -0.655. The van der Waals surface area contributed by atoms with Gasteiger partial charge < -0.3 is 5.73 Å². The van der Waals surface area contributed by atoms with Crippen molar-refractivity contribution in [1.29, 1.82) is 0 Å². The van der Waals surface area contributed by atoms with Gasteiger partial charge in [-0.05, 0) is 12.8 Å². The van der Waals surface area contributed by atoms with Gasteiger partial charge in [0.1, 0.15) is 0 Å². The van der Waals surface area contributed by atoms with E-state index >= 15 is 0 Å². The van der Waals surface area contributed by atoms with Crippen molar-refractivity contribution in [3.63, 3.8) is 0 Å². The van der Waals surface area contributed by atoms with E-state index in [0.717, 1.165) is 6.42 Å². The van der Waals surface area contributed by atoms with E-state index in [1.807, 2.05) is 11.6 Å². The van der Waals surface area contributed by atoms with E-state index in [9.17, 15) is 13.2 Å². The number of sulfonamides is 1. The van der Waals surface area contributed by atoms with Gasteiger partial charge in [-0.2, -0.15) is 0 Å². The average molecular weight is 222 g/mol. The summed E-state index contributed by atoms with van der Waals surface area (Å²) in [4.78, 5) is 11.2. The number of nitrogens with one attached hydrogen (secondary N) is 1. The Morgan fingerprint density at radius 2 is 1.93 bits per heavy atom. The van der Waals surface area contributed by atoms with Crippen molar-refractivity contribution in [1.82, 2.24) is 4.72 Å². The normalized spacial score (nSPS) is 13.6. The lowest BCUT2D eigenvalue weighted by atomic mass is 10.2. The van der Waals surface area contributed by atoms with Crippen LogP contribution in [0.15, 0.2) is 0 Å². The fraction of sp³-hybridized carbons (Fsp3) is 0.875. The molecule has 0 fully saturated rings. The molecule has 6 heteroatoms. The summed E-state index contributed by atoms with van der Waals surface area (Å²) in [7, 11) is -3.47. The van der Waals surface area contributed by atoms with Gasteiger partial charge in [0, 0.05) is 0 Å². The molecule has 0 aromatic heterocycles. The molecule has 0 rings (SSSR count). The van der Waals surface area contributed by atoms with E-state index in [1.165, 1.54) is 0 Å². The first-order chi connectivity index (χ1) is 6.43. The first-order valence-corrected chi connectivity index (χ1v) is 6.38. The zero-order valence-electron chi connectivity index (χ0n) is 8.62. The number of hydrogen-bond acceptors (Lipinski definition) is 4. The number of hydrogen-bond donors (Lipinski definition) is 2. The minimum absolute atomic E-state index is 0.0441. The predicted octanol–water partition coefficient (Wildman–Crippen LogP) is -0.0302. The van der Waals surface area contributed by atoms with E-state index in [0.29, 0.717) is 12.8 Å². The van der Waals surface area contributed by atoms with Crippen LogP contribution in [-0.4, -0.2) is 26.1 Å². The molecule has 1 amide bonds. The van der Waals surface area contributed by atoms with Crippen LogP contribution in [0.1, 0.15) is 33.1 Å². The number of carbonyl (C=O) groups is 1. The molecule has 0 aliphatic heterocycles. The van der Waals surface area contributed by atoms with Gasteiger partial charge in [0.15, 0.2) is 0 Å². The lowest BCUT2D eigenvalue weighted by Gasteiger charge is -2.10. The summed E-state index contributed by atoms with van der Waals surface area (Å²) in [6.45, 7) is 3.61. The molecule has 0 bridgehead atoms. The van der Waals surface area contributed by atoms with Crippen LogP contribution in [0.25, 0.3) is 0 Å². The summed E-state index contributed by atoms with van der Waals surface area (Å²) in [6.07, 6.45) is 1.72. The SMILES string of the molecule is CCCC(N)C(=O)NS(=O)(=O)CCC. The molecule has 84 valence electrons. The third-order valence-corrected chi connectivity index (χ3v) is 3.12. The highest BCUT2D eigenvalue weighted by atomic mass is 32.2. The average Bonchev–Trinajstić information content (AvgIpc) is 2.03. The van der Waals surface area contributed by atoms with E-state index in [-0.39, 0.29) is 5.75 Å². The monoisotopic (exact) mass is 222 g/mol. The Morgan fingerprint density at radius 3 is 2.36 bits per heavy atom. The fourth-order valence-electron chi connectivity index (χ4n) is 0.991. The van der Waals surface area contributed by atoms with Crippen LogP contribution in [0.3, 0.4) is 0 Å². The maximum absolute atomic E-state index is 11.2. The third-order valence-electron chi connectivity index (χ3n) is 1.67. The van der Waals surface area contributed by atoms with E-state index in [1.54, 1.807) is 6.92 Å². The first-order valence-electron chi connectivity index (χ1n) is 4.72. The van der Waals surface area contributed by atoms with Gasteiger partial charge >= 0.3 is 0 Å². The summed E-state index contributed by atoms with van der Waals surface area (Å²) >= 11 is 0. The minimum Gasteiger partial charge on any atom is -0.320 e. The second-order valence-electron chi connectivity index (χ2n) is 3.18. The van der Waals surface area contributed by atoms with Crippen molar-refractivity contribution >= 4 is 15.9 Å². The molecule has 0 aliphatic carbocycles. The molecule has 0 saturated heterocycles. The van der Waals surface area contributed by atoms with Crippen molar-refractivity contribution in [2.75, 3.05) is 5.75 Å². The minimum atomic E-state index is -3.47. The summed E-state index contributed by atoms with van der Waals surface area (Å²) in [5, 5.41) is 0. The molecule has 1 unspecified atom stereocenters. The summed E-state index contributed by atoms with van der Waals surface area (Å²) < 4.78 is 24.3. The summed E-state index contributed by atoms with van der Waals surface area (Å²) in [5.41, 5.74) is 5.45. The number of nitrogens with two attached hydrogens (primary N) is 1. The number of amides is 1. The van der Waals surface area contributed by atoms with Crippen molar-refractivity contribution in [3.05, 3.63) is 0 Å². The molecular weight excluding hydrogens is 204 g/mol. The molecular formula is C8H18N2O3S. The van der Waals surface area contributed by atoms with Crippen LogP contribution in [0.4, 0.5) is 0 Å².